The number of hydrazone groups is 1. The molecular formula is C12H15N3O. The molecule has 1 atom stereocenters. The molecule has 0 fully saturated rings. The third kappa shape index (κ3) is 1.84. The summed E-state index contributed by atoms with van der Waals surface area (Å²) in [4.78, 5) is 11.8. The number of hydrogen-bond acceptors (Lipinski definition) is 3. The van der Waals surface area contributed by atoms with Gasteiger partial charge in [0.15, 0.2) is 0 Å². The Bertz CT molecular complexity index is 414. The van der Waals surface area contributed by atoms with Crippen LogP contribution in [0.3, 0.4) is 0 Å². The summed E-state index contributed by atoms with van der Waals surface area (Å²) in [7, 11) is 1.68. The summed E-state index contributed by atoms with van der Waals surface area (Å²) in [6, 6.07) is 9.77. The molecule has 1 aromatic carbocycles. The van der Waals surface area contributed by atoms with E-state index in [-0.39, 0.29) is 11.8 Å². The zero-order chi connectivity index (χ0) is 11.5. The molecule has 84 valence electrons. The third-order valence-corrected chi connectivity index (χ3v) is 2.73. The fourth-order valence-electron chi connectivity index (χ4n) is 1.92. The summed E-state index contributed by atoms with van der Waals surface area (Å²) >= 11 is 0. The number of rotatable bonds is 3. The molecule has 16 heavy (non-hydrogen) atoms. The van der Waals surface area contributed by atoms with Gasteiger partial charge in [-0.25, -0.2) is 5.01 Å². The molecule has 1 aliphatic rings. The molecule has 4 nitrogen and oxygen atoms in total. The molecule has 4 heteroatoms. The number of carbonyl (C=O) groups excluding carboxylic acids is 1. The van der Waals surface area contributed by atoms with Crippen LogP contribution in [0.15, 0.2) is 35.4 Å². The highest BCUT2D eigenvalue weighted by Gasteiger charge is 2.33. The van der Waals surface area contributed by atoms with Gasteiger partial charge in [0.1, 0.15) is 0 Å². The molecule has 0 saturated carbocycles. The normalized spacial score (nSPS) is 20.1. The van der Waals surface area contributed by atoms with Crippen LogP contribution in [0.25, 0.3) is 0 Å². The van der Waals surface area contributed by atoms with Crippen LogP contribution in [-0.4, -0.2) is 30.2 Å². The fourth-order valence-corrected chi connectivity index (χ4v) is 1.92. The Morgan fingerprint density at radius 2 is 2.06 bits per heavy atom. The van der Waals surface area contributed by atoms with Crippen LogP contribution in [-0.2, 0) is 4.79 Å². The number of hydrogen-bond donors (Lipinski definition) is 1. The van der Waals surface area contributed by atoms with Gasteiger partial charge in [0.05, 0.1) is 11.6 Å². The van der Waals surface area contributed by atoms with Crippen LogP contribution in [0.1, 0.15) is 12.0 Å². The largest absolute Gasteiger partial charge is 0.330 e. The van der Waals surface area contributed by atoms with E-state index in [1.807, 2.05) is 30.3 Å². The molecule has 1 aromatic rings. The van der Waals surface area contributed by atoms with Gasteiger partial charge in [0.25, 0.3) is 5.91 Å². The molecule has 1 unspecified atom stereocenters. The van der Waals surface area contributed by atoms with Gasteiger partial charge in [-0.15, -0.1) is 0 Å². The average molecular weight is 217 g/mol. The number of nitrogens with two attached hydrogens (primary N) is 1. The molecule has 0 radical (unpaired) electrons. The SMILES string of the molecule is CN1N=C(c2ccccc2)C(CCN)C1=O. The molecule has 0 aromatic heterocycles. The standard InChI is InChI=1S/C12H15N3O/c1-15-12(16)10(7-8-13)11(14-15)9-5-3-2-4-6-9/h2-6,10H,7-8,13H2,1H3. The second-order valence-electron chi connectivity index (χ2n) is 3.84. The van der Waals surface area contributed by atoms with E-state index in [1.54, 1.807) is 7.05 Å². The molecular weight excluding hydrogens is 202 g/mol. The first-order chi connectivity index (χ1) is 7.74. The predicted octanol–water partition coefficient (Wildman–Crippen LogP) is 0.828. The topological polar surface area (TPSA) is 58.7 Å². The van der Waals surface area contributed by atoms with E-state index < -0.39 is 0 Å². The quantitative estimate of drug-likeness (QED) is 0.815. The number of carbonyl (C=O) groups is 1. The summed E-state index contributed by atoms with van der Waals surface area (Å²) in [5, 5.41) is 5.69. The lowest BCUT2D eigenvalue weighted by Gasteiger charge is -2.09. The second-order valence-corrected chi connectivity index (χ2v) is 3.84. The average Bonchev–Trinajstić information content (AvgIpc) is 2.59. The van der Waals surface area contributed by atoms with Gasteiger partial charge in [-0.2, -0.15) is 5.10 Å². The van der Waals surface area contributed by atoms with Crippen LogP contribution in [0, 0.1) is 5.92 Å². The van der Waals surface area contributed by atoms with Crippen molar-refractivity contribution in [3.8, 4) is 0 Å². The highest BCUT2D eigenvalue weighted by Crippen LogP contribution is 2.22. The Hall–Kier alpha value is -1.68. The lowest BCUT2D eigenvalue weighted by Crippen LogP contribution is -2.27. The molecule has 0 aliphatic carbocycles. The molecule has 1 aliphatic heterocycles. The van der Waals surface area contributed by atoms with Gasteiger partial charge in [0, 0.05) is 7.05 Å². The van der Waals surface area contributed by atoms with E-state index in [9.17, 15) is 4.79 Å². The van der Waals surface area contributed by atoms with Crippen molar-refractivity contribution >= 4 is 11.6 Å². The van der Waals surface area contributed by atoms with E-state index >= 15 is 0 Å². The highest BCUT2D eigenvalue weighted by molar-refractivity contribution is 6.16. The van der Waals surface area contributed by atoms with Crippen molar-refractivity contribution in [2.24, 2.45) is 16.8 Å². The van der Waals surface area contributed by atoms with E-state index in [0.29, 0.717) is 13.0 Å². The van der Waals surface area contributed by atoms with E-state index in [2.05, 4.69) is 5.10 Å². The Morgan fingerprint density at radius 3 is 2.69 bits per heavy atom. The first-order valence-corrected chi connectivity index (χ1v) is 5.35. The van der Waals surface area contributed by atoms with Crippen molar-refractivity contribution in [2.75, 3.05) is 13.6 Å². The summed E-state index contributed by atoms with van der Waals surface area (Å²) in [5.41, 5.74) is 7.36. The molecule has 0 spiro atoms. The smallest absolute Gasteiger partial charge is 0.251 e. The molecule has 1 heterocycles. The van der Waals surface area contributed by atoms with Gasteiger partial charge in [-0.05, 0) is 18.5 Å². The number of benzene rings is 1. The maximum Gasteiger partial charge on any atom is 0.251 e. The fraction of sp³-hybridized carbons (Fsp3) is 0.333. The van der Waals surface area contributed by atoms with Crippen molar-refractivity contribution in [3.63, 3.8) is 0 Å². The Morgan fingerprint density at radius 1 is 1.38 bits per heavy atom. The van der Waals surface area contributed by atoms with Crippen molar-refractivity contribution in [1.29, 1.82) is 0 Å². The summed E-state index contributed by atoms with van der Waals surface area (Å²) < 4.78 is 0. The van der Waals surface area contributed by atoms with E-state index in [4.69, 9.17) is 5.73 Å². The molecule has 1 amide bonds. The zero-order valence-electron chi connectivity index (χ0n) is 9.26. The van der Waals surface area contributed by atoms with Gasteiger partial charge >= 0.3 is 0 Å². The third-order valence-electron chi connectivity index (χ3n) is 2.73. The molecule has 0 bridgehead atoms. The maximum atomic E-state index is 11.8. The van der Waals surface area contributed by atoms with Crippen molar-refractivity contribution in [1.82, 2.24) is 5.01 Å². The molecule has 2 N–H and O–H groups in total. The minimum Gasteiger partial charge on any atom is -0.330 e. The highest BCUT2D eigenvalue weighted by atomic mass is 16.2. The Labute approximate surface area is 94.7 Å². The maximum absolute atomic E-state index is 11.8. The monoisotopic (exact) mass is 217 g/mol. The minimum absolute atomic E-state index is 0.0318. The Kier molecular flexibility index (Phi) is 3.01. The van der Waals surface area contributed by atoms with Crippen LogP contribution in [0.2, 0.25) is 0 Å². The van der Waals surface area contributed by atoms with Crippen molar-refractivity contribution in [3.05, 3.63) is 35.9 Å². The van der Waals surface area contributed by atoms with Gasteiger partial charge < -0.3 is 5.73 Å². The van der Waals surface area contributed by atoms with Crippen LogP contribution < -0.4 is 5.73 Å². The lowest BCUT2D eigenvalue weighted by molar-refractivity contribution is -0.130. The van der Waals surface area contributed by atoms with Gasteiger partial charge in [0.2, 0.25) is 0 Å². The zero-order valence-corrected chi connectivity index (χ0v) is 9.26. The number of amides is 1. The molecule has 0 saturated heterocycles. The van der Waals surface area contributed by atoms with Crippen LogP contribution >= 0.6 is 0 Å². The number of nitrogens with zero attached hydrogens (tertiary/aromatic N) is 2. The summed E-state index contributed by atoms with van der Waals surface area (Å²) in [6.07, 6.45) is 0.650. The van der Waals surface area contributed by atoms with Crippen LogP contribution in [0.4, 0.5) is 0 Å². The van der Waals surface area contributed by atoms with E-state index in [0.717, 1.165) is 11.3 Å². The first-order valence-electron chi connectivity index (χ1n) is 5.35. The predicted molar refractivity (Wildman–Crippen MR) is 62.9 cm³/mol. The lowest BCUT2D eigenvalue weighted by atomic mass is 9.94. The van der Waals surface area contributed by atoms with Crippen molar-refractivity contribution in [2.45, 2.75) is 6.42 Å². The minimum atomic E-state index is -0.183. The second kappa shape index (κ2) is 4.45. The first kappa shape index (κ1) is 10.8. The van der Waals surface area contributed by atoms with Gasteiger partial charge in [-0.1, -0.05) is 30.3 Å². The van der Waals surface area contributed by atoms with Crippen molar-refractivity contribution < 1.29 is 4.79 Å². The van der Waals surface area contributed by atoms with Crippen LogP contribution in [0.5, 0.6) is 0 Å². The van der Waals surface area contributed by atoms with E-state index in [1.165, 1.54) is 5.01 Å². The molecule has 2 rings (SSSR count). The summed E-state index contributed by atoms with van der Waals surface area (Å²) in [5.74, 6) is -0.151. The Balaban J connectivity index is 2.32. The van der Waals surface area contributed by atoms with Gasteiger partial charge in [-0.3, -0.25) is 4.79 Å². The summed E-state index contributed by atoms with van der Waals surface area (Å²) in [6.45, 7) is 0.496.